The van der Waals surface area contributed by atoms with Crippen molar-refractivity contribution in [1.82, 2.24) is 14.0 Å². The van der Waals surface area contributed by atoms with Crippen molar-refractivity contribution in [2.45, 2.75) is 19.8 Å². The molecule has 0 aliphatic rings. The summed E-state index contributed by atoms with van der Waals surface area (Å²) in [6.07, 6.45) is 1.48. The molecule has 6 nitrogen and oxygen atoms in total. The molecule has 0 aliphatic heterocycles. The standard InChI is InChI=1S/C19H26FN3O3/c1-4-23(11-12-26-17-9-5-7-15(20)13-17)10-6-8-16-14-18(24)22(3)19(25)21(16)2/h5,7,9,13-14H,4,6,8,10-12H2,1-3H3. The Hall–Kier alpha value is -2.41. The second-order valence-corrected chi connectivity index (χ2v) is 6.22. The summed E-state index contributed by atoms with van der Waals surface area (Å²) in [5.41, 5.74) is 0.160. The lowest BCUT2D eigenvalue weighted by Gasteiger charge is -2.20. The third kappa shape index (κ3) is 5.29. The van der Waals surface area contributed by atoms with Gasteiger partial charge in [0.25, 0.3) is 5.56 Å². The van der Waals surface area contributed by atoms with E-state index < -0.39 is 0 Å². The smallest absolute Gasteiger partial charge is 0.330 e. The maximum absolute atomic E-state index is 13.1. The molecule has 0 spiro atoms. The zero-order valence-corrected chi connectivity index (χ0v) is 15.6. The van der Waals surface area contributed by atoms with Crippen molar-refractivity contribution >= 4 is 0 Å². The molecular formula is C19H26FN3O3. The topological polar surface area (TPSA) is 56.5 Å². The monoisotopic (exact) mass is 363 g/mol. The zero-order chi connectivity index (χ0) is 19.1. The fourth-order valence-electron chi connectivity index (χ4n) is 2.78. The lowest BCUT2D eigenvalue weighted by Crippen LogP contribution is -2.38. The van der Waals surface area contributed by atoms with E-state index in [9.17, 15) is 14.0 Å². The van der Waals surface area contributed by atoms with Gasteiger partial charge in [0.1, 0.15) is 18.2 Å². The van der Waals surface area contributed by atoms with E-state index in [0.717, 1.165) is 36.3 Å². The van der Waals surface area contributed by atoms with Crippen molar-refractivity contribution in [2.24, 2.45) is 14.1 Å². The molecule has 0 aliphatic carbocycles. The number of halogens is 1. The van der Waals surface area contributed by atoms with Gasteiger partial charge in [0.15, 0.2) is 0 Å². The van der Waals surface area contributed by atoms with E-state index >= 15 is 0 Å². The van der Waals surface area contributed by atoms with Crippen molar-refractivity contribution in [3.63, 3.8) is 0 Å². The van der Waals surface area contributed by atoms with E-state index in [0.29, 0.717) is 18.8 Å². The zero-order valence-electron chi connectivity index (χ0n) is 15.6. The maximum atomic E-state index is 13.1. The molecule has 0 fully saturated rings. The van der Waals surface area contributed by atoms with Gasteiger partial charge in [0, 0.05) is 38.5 Å². The largest absolute Gasteiger partial charge is 0.492 e. The highest BCUT2D eigenvalue weighted by Crippen LogP contribution is 2.11. The average Bonchev–Trinajstić information content (AvgIpc) is 2.62. The van der Waals surface area contributed by atoms with Crippen LogP contribution in [0.25, 0.3) is 0 Å². The Kier molecular flexibility index (Phi) is 7.15. The summed E-state index contributed by atoms with van der Waals surface area (Å²) in [4.78, 5) is 25.9. The summed E-state index contributed by atoms with van der Waals surface area (Å²) >= 11 is 0. The van der Waals surface area contributed by atoms with Gasteiger partial charge < -0.3 is 14.2 Å². The molecule has 0 radical (unpaired) electrons. The lowest BCUT2D eigenvalue weighted by molar-refractivity contribution is 0.213. The number of aryl methyl sites for hydroxylation is 1. The van der Waals surface area contributed by atoms with Crippen molar-refractivity contribution in [1.29, 1.82) is 0 Å². The molecule has 7 heteroatoms. The maximum Gasteiger partial charge on any atom is 0.330 e. The number of benzene rings is 1. The summed E-state index contributed by atoms with van der Waals surface area (Å²) in [6, 6.07) is 7.62. The first-order valence-corrected chi connectivity index (χ1v) is 8.79. The molecule has 1 aromatic carbocycles. The Balaban J connectivity index is 1.82. The SMILES string of the molecule is CCN(CCCc1cc(=O)n(C)c(=O)n1C)CCOc1cccc(F)c1. The van der Waals surface area contributed by atoms with E-state index in [-0.39, 0.29) is 17.1 Å². The number of hydrogen-bond donors (Lipinski definition) is 0. The van der Waals surface area contributed by atoms with Crippen LogP contribution < -0.4 is 16.0 Å². The van der Waals surface area contributed by atoms with Crippen molar-refractivity contribution in [3.05, 3.63) is 62.7 Å². The number of nitrogens with zero attached hydrogens (tertiary/aromatic N) is 3. The van der Waals surface area contributed by atoms with Gasteiger partial charge in [-0.1, -0.05) is 13.0 Å². The number of likely N-dealkylation sites (N-methyl/N-ethyl adjacent to an activating group) is 1. The number of aromatic nitrogens is 2. The molecule has 26 heavy (non-hydrogen) atoms. The van der Waals surface area contributed by atoms with E-state index in [1.165, 1.54) is 29.8 Å². The van der Waals surface area contributed by atoms with Gasteiger partial charge in [-0.15, -0.1) is 0 Å². The fourth-order valence-corrected chi connectivity index (χ4v) is 2.78. The molecule has 0 amide bonds. The van der Waals surface area contributed by atoms with Crippen molar-refractivity contribution < 1.29 is 9.13 Å². The minimum Gasteiger partial charge on any atom is -0.492 e. The third-order valence-electron chi connectivity index (χ3n) is 4.45. The Labute approximate surface area is 152 Å². The first-order valence-electron chi connectivity index (χ1n) is 8.79. The van der Waals surface area contributed by atoms with Crippen LogP contribution in [0.5, 0.6) is 5.75 Å². The summed E-state index contributed by atoms with van der Waals surface area (Å²) in [5, 5.41) is 0. The number of rotatable bonds is 9. The Morgan fingerprint density at radius 2 is 1.88 bits per heavy atom. The van der Waals surface area contributed by atoms with Crippen LogP contribution in [-0.2, 0) is 20.5 Å². The van der Waals surface area contributed by atoms with Crippen LogP contribution in [0, 0.1) is 5.82 Å². The van der Waals surface area contributed by atoms with Crippen LogP contribution in [-0.4, -0.2) is 40.3 Å². The molecular weight excluding hydrogens is 337 g/mol. The summed E-state index contributed by atoms with van der Waals surface area (Å²) in [5.74, 6) is 0.214. The average molecular weight is 363 g/mol. The molecule has 0 saturated carbocycles. The van der Waals surface area contributed by atoms with Crippen LogP contribution in [0.1, 0.15) is 19.0 Å². The van der Waals surface area contributed by atoms with Crippen LogP contribution >= 0.6 is 0 Å². The van der Waals surface area contributed by atoms with Crippen LogP contribution in [0.15, 0.2) is 39.9 Å². The second-order valence-electron chi connectivity index (χ2n) is 6.22. The number of hydrogen-bond acceptors (Lipinski definition) is 4. The highest BCUT2D eigenvalue weighted by molar-refractivity contribution is 5.22. The van der Waals surface area contributed by atoms with Crippen LogP contribution in [0.4, 0.5) is 4.39 Å². The summed E-state index contributed by atoms with van der Waals surface area (Å²) < 4.78 is 21.3. The Morgan fingerprint density at radius 3 is 2.58 bits per heavy atom. The summed E-state index contributed by atoms with van der Waals surface area (Å²) in [7, 11) is 3.16. The molecule has 1 heterocycles. The number of ether oxygens (including phenoxy) is 1. The van der Waals surface area contributed by atoms with Gasteiger partial charge in [-0.3, -0.25) is 9.36 Å². The predicted octanol–water partition coefficient (Wildman–Crippen LogP) is 1.56. The molecule has 2 rings (SSSR count). The quantitative estimate of drug-likeness (QED) is 0.678. The van der Waals surface area contributed by atoms with E-state index in [2.05, 4.69) is 11.8 Å². The lowest BCUT2D eigenvalue weighted by atomic mass is 10.2. The second kappa shape index (κ2) is 9.33. The molecule has 2 aromatic rings. The fraction of sp³-hybridized carbons (Fsp3) is 0.474. The van der Waals surface area contributed by atoms with E-state index in [4.69, 9.17) is 4.74 Å². The van der Waals surface area contributed by atoms with Gasteiger partial charge in [-0.2, -0.15) is 0 Å². The molecule has 142 valence electrons. The van der Waals surface area contributed by atoms with E-state index in [1.54, 1.807) is 19.2 Å². The van der Waals surface area contributed by atoms with Gasteiger partial charge >= 0.3 is 5.69 Å². The molecule has 0 saturated heterocycles. The molecule has 0 atom stereocenters. The van der Waals surface area contributed by atoms with Gasteiger partial charge in [0.2, 0.25) is 0 Å². The van der Waals surface area contributed by atoms with Gasteiger partial charge in [0.05, 0.1) is 0 Å². The van der Waals surface area contributed by atoms with Gasteiger partial charge in [-0.25, -0.2) is 9.18 Å². The van der Waals surface area contributed by atoms with Gasteiger partial charge in [-0.05, 0) is 38.1 Å². The Bertz CT molecular complexity index is 845. The molecule has 0 unspecified atom stereocenters. The molecule has 0 N–H and O–H groups in total. The summed E-state index contributed by atoms with van der Waals surface area (Å²) in [6.45, 7) is 4.95. The first-order chi connectivity index (χ1) is 12.4. The van der Waals surface area contributed by atoms with Crippen LogP contribution in [0.2, 0.25) is 0 Å². The predicted molar refractivity (Wildman–Crippen MR) is 99.3 cm³/mol. The van der Waals surface area contributed by atoms with Crippen molar-refractivity contribution in [2.75, 3.05) is 26.2 Å². The minimum atomic E-state index is -0.311. The molecule has 1 aromatic heterocycles. The molecule has 0 bridgehead atoms. The third-order valence-corrected chi connectivity index (χ3v) is 4.45. The Morgan fingerprint density at radius 1 is 1.12 bits per heavy atom. The van der Waals surface area contributed by atoms with Crippen LogP contribution in [0.3, 0.4) is 0 Å². The minimum absolute atomic E-state index is 0.279. The van der Waals surface area contributed by atoms with E-state index in [1.807, 2.05) is 0 Å². The van der Waals surface area contributed by atoms with Crippen molar-refractivity contribution in [3.8, 4) is 5.75 Å². The normalized spacial score (nSPS) is 11.1. The first kappa shape index (κ1) is 19.9. The highest BCUT2D eigenvalue weighted by atomic mass is 19.1. The highest BCUT2D eigenvalue weighted by Gasteiger charge is 2.08.